The molecule has 0 saturated carbocycles. The highest BCUT2D eigenvalue weighted by atomic mass is 16.5. The summed E-state index contributed by atoms with van der Waals surface area (Å²) in [7, 11) is 0. The fourth-order valence-corrected chi connectivity index (χ4v) is 2.87. The Morgan fingerprint density at radius 1 is 1.00 bits per heavy atom. The van der Waals surface area contributed by atoms with Crippen molar-refractivity contribution < 1.29 is 9.53 Å². The summed E-state index contributed by atoms with van der Waals surface area (Å²) in [5.74, 6) is 0.770. The molecule has 1 heterocycles. The molecule has 0 saturated heterocycles. The van der Waals surface area contributed by atoms with Crippen LogP contribution in [-0.4, -0.2) is 21.8 Å². The lowest BCUT2D eigenvalue weighted by Crippen LogP contribution is -2.35. The normalized spacial score (nSPS) is 11.0. The Bertz CT molecular complexity index is 920. The predicted molar refractivity (Wildman–Crippen MR) is 116 cm³/mol. The molecule has 1 aromatic heterocycles. The Labute approximate surface area is 172 Å². The van der Waals surface area contributed by atoms with Crippen LogP contribution in [0.4, 0.5) is 0 Å². The zero-order valence-corrected chi connectivity index (χ0v) is 16.9. The third-order valence-electron chi connectivity index (χ3n) is 4.51. The molecule has 0 radical (unpaired) electrons. The van der Waals surface area contributed by atoms with E-state index in [0.29, 0.717) is 13.2 Å². The number of nitrogens with zero attached hydrogens (tertiary/aromatic N) is 2. The van der Waals surface area contributed by atoms with Gasteiger partial charge >= 0.3 is 0 Å². The van der Waals surface area contributed by atoms with E-state index in [1.165, 1.54) is 0 Å². The van der Waals surface area contributed by atoms with Gasteiger partial charge in [0, 0.05) is 24.9 Å². The molecule has 4 heteroatoms. The second kappa shape index (κ2) is 10.2. The first-order valence-electron chi connectivity index (χ1n) is 9.77. The van der Waals surface area contributed by atoms with Crippen molar-refractivity contribution in [3.63, 3.8) is 0 Å². The minimum Gasteiger partial charge on any atom is -0.487 e. The Hall–Kier alpha value is -3.40. The second-order valence-electron chi connectivity index (χ2n) is 7.06. The summed E-state index contributed by atoms with van der Waals surface area (Å²) in [5.41, 5.74) is 2.96. The van der Waals surface area contributed by atoms with Crippen LogP contribution in [0.25, 0.3) is 6.08 Å². The number of rotatable bonds is 8. The van der Waals surface area contributed by atoms with Crippen LogP contribution in [0, 0.1) is 0 Å². The van der Waals surface area contributed by atoms with E-state index in [-0.39, 0.29) is 11.9 Å². The monoisotopic (exact) mass is 386 g/mol. The van der Waals surface area contributed by atoms with Gasteiger partial charge in [0.1, 0.15) is 12.4 Å². The Morgan fingerprint density at radius 2 is 1.72 bits per heavy atom. The summed E-state index contributed by atoms with van der Waals surface area (Å²) in [4.78, 5) is 18.8. The molecule has 29 heavy (non-hydrogen) atoms. The van der Waals surface area contributed by atoms with Crippen molar-refractivity contribution in [1.82, 2.24) is 9.88 Å². The number of aromatic nitrogens is 1. The van der Waals surface area contributed by atoms with E-state index in [0.717, 1.165) is 22.6 Å². The van der Waals surface area contributed by atoms with Crippen molar-refractivity contribution in [3.05, 3.63) is 102 Å². The largest absolute Gasteiger partial charge is 0.487 e. The Morgan fingerprint density at radius 3 is 2.38 bits per heavy atom. The fraction of sp³-hybridized carbons (Fsp3) is 0.200. The topological polar surface area (TPSA) is 42.4 Å². The molecule has 2 aromatic carbocycles. The van der Waals surface area contributed by atoms with Gasteiger partial charge in [-0.15, -0.1) is 0 Å². The first-order chi connectivity index (χ1) is 14.1. The number of ether oxygens (including phenoxy) is 1. The highest BCUT2D eigenvalue weighted by Crippen LogP contribution is 2.15. The smallest absolute Gasteiger partial charge is 0.247 e. The van der Waals surface area contributed by atoms with Crippen molar-refractivity contribution in [2.45, 2.75) is 33.0 Å². The van der Waals surface area contributed by atoms with Crippen LogP contribution in [0.15, 0.2) is 85.1 Å². The average molecular weight is 386 g/mol. The number of hydrogen-bond donors (Lipinski definition) is 0. The van der Waals surface area contributed by atoms with Gasteiger partial charge in [0.15, 0.2) is 0 Å². The van der Waals surface area contributed by atoms with Crippen LogP contribution in [0.1, 0.15) is 30.7 Å². The maximum atomic E-state index is 12.7. The SMILES string of the molecule is CC(C)N(Cc1ccccc1)C(=O)C=Cc1ccc(OCc2ccccn2)cc1. The van der Waals surface area contributed by atoms with Crippen LogP contribution < -0.4 is 4.74 Å². The molecule has 0 unspecified atom stereocenters. The van der Waals surface area contributed by atoms with E-state index in [9.17, 15) is 4.79 Å². The first-order valence-corrected chi connectivity index (χ1v) is 9.77. The molecular weight excluding hydrogens is 360 g/mol. The van der Waals surface area contributed by atoms with Gasteiger partial charge < -0.3 is 9.64 Å². The molecule has 0 bridgehead atoms. The third kappa shape index (κ3) is 6.32. The summed E-state index contributed by atoms with van der Waals surface area (Å²) < 4.78 is 5.75. The molecule has 0 fully saturated rings. The van der Waals surface area contributed by atoms with Gasteiger partial charge in [-0.3, -0.25) is 9.78 Å². The third-order valence-corrected chi connectivity index (χ3v) is 4.51. The quantitative estimate of drug-likeness (QED) is 0.505. The summed E-state index contributed by atoms with van der Waals surface area (Å²) in [6.45, 7) is 5.09. The number of hydrogen-bond acceptors (Lipinski definition) is 3. The lowest BCUT2D eigenvalue weighted by Gasteiger charge is -2.25. The van der Waals surface area contributed by atoms with Crippen molar-refractivity contribution in [2.24, 2.45) is 0 Å². The Balaban J connectivity index is 1.58. The van der Waals surface area contributed by atoms with Gasteiger partial charge in [0.25, 0.3) is 0 Å². The fourth-order valence-electron chi connectivity index (χ4n) is 2.87. The summed E-state index contributed by atoms with van der Waals surface area (Å²) in [6.07, 6.45) is 5.22. The minimum atomic E-state index is -0.000619. The number of benzene rings is 2. The van der Waals surface area contributed by atoms with Crippen molar-refractivity contribution in [1.29, 1.82) is 0 Å². The maximum Gasteiger partial charge on any atom is 0.247 e. The molecule has 3 aromatic rings. The van der Waals surface area contributed by atoms with Crippen molar-refractivity contribution >= 4 is 12.0 Å². The lowest BCUT2D eigenvalue weighted by molar-refractivity contribution is -0.128. The highest BCUT2D eigenvalue weighted by Gasteiger charge is 2.14. The van der Waals surface area contributed by atoms with Gasteiger partial charge in [-0.2, -0.15) is 0 Å². The molecular formula is C25H26N2O2. The van der Waals surface area contributed by atoms with Gasteiger partial charge in [0.05, 0.1) is 5.69 Å². The molecule has 4 nitrogen and oxygen atoms in total. The van der Waals surface area contributed by atoms with Crippen molar-refractivity contribution in [3.8, 4) is 5.75 Å². The highest BCUT2D eigenvalue weighted by molar-refractivity contribution is 5.92. The number of carbonyl (C=O) groups excluding carboxylic acids is 1. The predicted octanol–water partition coefficient (Wildman–Crippen LogP) is 5.11. The maximum absolute atomic E-state index is 12.7. The molecule has 3 rings (SSSR count). The standard InChI is InChI=1S/C25H26N2O2/c1-20(2)27(18-22-8-4-3-5-9-22)25(28)16-13-21-11-14-24(15-12-21)29-19-23-10-6-7-17-26-23/h3-17,20H,18-19H2,1-2H3. The summed E-state index contributed by atoms with van der Waals surface area (Å²) in [5, 5.41) is 0. The summed E-state index contributed by atoms with van der Waals surface area (Å²) in [6, 6.07) is 23.6. The molecule has 0 aliphatic carbocycles. The number of carbonyl (C=O) groups is 1. The number of amides is 1. The zero-order chi connectivity index (χ0) is 20.5. The molecule has 0 aliphatic heterocycles. The van der Waals surface area contributed by atoms with E-state index in [1.54, 1.807) is 12.3 Å². The first kappa shape index (κ1) is 20.3. The zero-order valence-electron chi connectivity index (χ0n) is 16.9. The van der Waals surface area contributed by atoms with E-state index in [2.05, 4.69) is 4.98 Å². The van der Waals surface area contributed by atoms with E-state index < -0.39 is 0 Å². The van der Waals surface area contributed by atoms with Crippen LogP contribution in [0.3, 0.4) is 0 Å². The van der Waals surface area contributed by atoms with Gasteiger partial charge in [-0.25, -0.2) is 0 Å². The van der Waals surface area contributed by atoms with Crippen molar-refractivity contribution in [2.75, 3.05) is 0 Å². The number of pyridine rings is 1. The molecule has 0 N–H and O–H groups in total. The van der Waals surface area contributed by atoms with E-state index in [1.807, 2.05) is 97.6 Å². The second-order valence-corrected chi connectivity index (χ2v) is 7.06. The van der Waals surface area contributed by atoms with E-state index in [4.69, 9.17) is 4.74 Å². The van der Waals surface area contributed by atoms with Gasteiger partial charge in [-0.05, 0) is 55.3 Å². The van der Waals surface area contributed by atoms with Gasteiger partial charge in [0.2, 0.25) is 5.91 Å². The van der Waals surface area contributed by atoms with E-state index >= 15 is 0 Å². The lowest BCUT2D eigenvalue weighted by atomic mass is 10.1. The Kier molecular flexibility index (Phi) is 7.17. The molecule has 0 atom stereocenters. The molecule has 1 amide bonds. The molecule has 0 spiro atoms. The molecule has 0 aliphatic rings. The van der Waals surface area contributed by atoms with Gasteiger partial charge in [-0.1, -0.05) is 48.5 Å². The van der Waals surface area contributed by atoms with Crippen LogP contribution in [-0.2, 0) is 17.9 Å². The average Bonchev–Trinajstić information content (AvgIpc) is 2.76. The minimum absolute atomic E-state index is 0.000619. The van der Waals surface area contributed by atoms with Crippen LogP contribution in [0.2, 0.25) is 0 Å². The molecule has 148 valence electrons. The van der Waals surface area contributed by atoms with Crippen LogP contribution in [0.5, 0.6) is 5.75 Å². The van der Waals surface area contributed by atoms with Crippen LogP contribution >= 0.6 is 0 Å². The summed E-state index contributed by atoms with van der Waals surface area (Å²) >= 11 is 0.